The zero-order chi connectivity index (χ0) is 24.5. The molecule has 11 heteroatoms. The van der Waals surface area contributed by atoms with Gasteiger partial charge in [0, 0.05) is 18.7 Å². The molecule has 8 nitrogen and oxygen atoms in total. The highest BCUT2D eigenvalue weighted by molar-refractivity contribution is 6.00. The Balaban J connectivity index is 1.36. The Bertz CT molecular complexity index is 1180. The number of carbonyl (C=O) groups is 2. The second-order valence-corrected chi connectivity index (χ2v) is 8.24. The smallest absolute Gasteiger partial charge is 0.453 e. The summed E-state index contributed by atoms with van der Waals surface area (Å²) in [6, 6.07) is 10.2. The van der Waals surface area contributed by atoms with E-state index in [-0.39, 0.29) is 11.4 Å². The number of hydrogen-bond donors (Lipinski definition) is 0. The van der Waals surface area contributed by atoms with E-state index >= 15 is 0 Å². The van der Waals surface area contributed by atoms with Gasteiger partial charge in [-0.05, 0) is 43.9 Å². The predicted molar refractivity (Wildman–Crippen MR) is 116 cm³/mol. The Hall–Kier alpha value is -3.50. The molecule has 0 radical (unpaired) electrons. The summed E-state index contributed by atoms with van der Waals surface area (Å²) in [6.45, 7) is 4.39. The first-order valence-electron chi connectivity index (χ1n) is 11.1. The van der Waals surface area contributed by atoms with Gasteiger partial charge < -0.3 is 9.64 Å². The van der Waals surface area contributed by atoms with Crippen molar-refractivity contribution in [2.45, 2.75) is 45.4 Å². The van der Waals surface area contributed by atoms with E-state index in [4.69, 9.17) is 4.74 Å². The van der Waals surface area contributed by atoms with Gasteiger partial charge in [0.05, 0.1) is 5.92 Å². The van der Waals surface area contributed by atoms with Crippen LogP contribution in [0, 0.1) is 5.92 Å². The van der Waals surface area contributed by atoms with Gasteiger partial charge in [-0.25, -0.2) is 0 Å². The van der Waals surface area contributed by atoms with Crippen molar-refractivity contribution in [3.8, 4) is 0 Å². The molecule has 1 aliphatic heterocycles. The molecule has 0 aliphatic carbocycles. The maximum Gasteiger partial charge on any atom is 0.453 e. The molecule has 34 heavy (non-hydrogen) atoms. The average molecular weight is 475 g/mol. The van der Waals surface area contributed by atoms with Crippen molar-refractivity contribution in [3.63, 3.8) is 0 Å². The fraction of sp³-hybridized carbons (Fsp3) is 0.435. The van der Waals surface area contributed by atoms with Crippen LogP contribution in [-0.4, -0.2) is 50.8 Å². The standard InChI is InChI=1S/C23H24F3N5O3/c1-3-15-4-6-16(7-5-15)20(32)14(2)34-21(33)17-10-12-30(13-11-17)19-9-8-18-27-28-22(23(24,25)26)31(18)29-19/h4-9,14,17H,3,10-13H2,1-2H3. The second kappa shape index (κ2) is 9.40. The first kappa shape index (κ1) is 23.7. The molecule has 0 spiro atoms. The minimum atomic E-state index is -4.67. The number of esters is 1. The molecule has 1 atom stereocenters. The van der Waals surface area contributed by atoms with E-state index in [0.717, 1.165) is 12.0 Å². The van der Waals surface area contributed by atoms with E-state index in [1.807, 2.05) is 19.1 Å². The molecule has 180 valence electrons. The molecule has 3 aromatic rings. The highest BCUT2D eigenvalue weighted by Gasteiger charge is 2.38. The number of hydrogen-bond acceptors (Lipinski definition) is 7. The second-order valence-electron chi connectivity index (χ2n) is 8.24. The van der Waals surface area contributed by atoms with Gasteiger partial charge >= 0.3 is 12.1 Å². The van der Waals surface area contributed by atoms with Gasteiger partial charge in [0.25, 0.3) is 5.82 Å². The lowest BCUT2D eigenvalue weighted by molar-refractivity contribution is -0.152. The quantitative estimate of drug-likeness (QED) is 0.396. The summed E-state index contributed by atoms with van der Waals surface area (Å²) in [4.78, 5) is 27.0. The molecule has 2 aromatic heterocycles. The summed E-state index contributed by atoms with van der Waals surface area (Å²) < 4.78 is 45.5. The van der Waals surface area contributed by atoms with Crippen LogP contribution in [0.4, 0.5) is 19.0 Å². The van der Waals surface area contributed by atoms with E-state index in [1.165, 1.54) is 6.07 Å². The number of rotatable bonds is 6. The summed E-state index contributed by atoms with van der Waals surface area (Å²) >= 11 is 0. The maximum absolute atomic E-state index is 13.1. The molecule has 1 fully saturated rings. The van der Waals surface area contributed by atoms with Crippen molar-refractivity contribution in [3.05, 3.63) is 53.3 Å². The van der Waals surface area contributed by atoms with Crippen molar-refractivity contribution in [1.82, 2.24) is 19.8 Å². The van der Waals surface area contributed by atoms with Gasteiger partial charge in [-0.2, -0.15) is 17.7 Å². The Morgan fingerprint density at radius 2 is 1.76 bits per heavy atom. The molecule has 1 aliphatic rings. The van der Waals surface area contributed by atoms with Crippen LogP contribution in [0.2, 0.25) is 0 Å². The van der Waals surface area contributed by atoms with E-state index in [9.17, 15) is 22.8 Å². The molecule has 1 saturated heterocycles. The van der Waals surface area contributed by atoms with Crippen LogP contribution in [0.25, 0.3) is 5.65 Å². The number of ketones is 1. The monoisotopic (exact) mass is 475 g/mol. The molecular formula is C23H24F3N5O3. The number of ether oxygens (including phenoxy) is 1. The number of anilines is 1. The lowest BCUT2D eigenvalue weighted by atomic mass is 9.96. The fourth-order valence-corrected chi connectivity index (χ4v) is 3.93. The molecule has 1 unspecified atom stereocenters. The Kier molecular flexibility index (Phi) is 6.54. The summed E-state index contributed by atoms with van der Waals surface area (Å²) in [5.41, 5.74) is 1.60. The van der Waals surface area contributed by atoms with Gasteiger partial charge in [0.1, 0.15) is 5.82 Å². The van der Waals surface area contributed by atoms with E-state index in [2.05, 4.69) is 15.3 Å². The van der Waals surface area contributed by atoms with E-state index < -0.39 is 30.0 Å². The van der Waals surface area contributed by atoms with Crippen molar-refractivity contribution in [2.24, 2.45) is 5.92 Å². The molecular weight excluding hydrogens is 451 g/mol. The number of Topliss-reactive ketones (excluding diaryl/α,β-unsaturated/α-hetero) is 1. The topological polar surface area (TPSA) is 89.7 Å². The maximum atomic E-state index is 13.1. The highest BCUT2D eigenvalue weighted by Crippen LogP contribution is 2.29. The van der Waals surface area contributed by atoms with Gasteiger partial charge in [0.15, 0.2) is 11.8 Å². The number of nitrogens with zero attached hydrogens (tertiary/aromatic N) is 5. The van der Waals surface area contributed by atoms with Crippen molar-refractivity contribution in [2.75, 3.05) is 18.0 Å². The molecule has 0 bridgehead atoms. The molecule has 1 aromatic carbocycles. The third kappa shape index (κ3) is 4.87. The summed E-state index contributed by atoms with van der Waals surface area (Å²) in [5, 5.41) is 10.7. The number of fused-ring (bicyclic) bond motifs is 1. The van der Waals surface area contributed by atoms with Crippen molar-refractivity contribution < 1.29 is 27.5 Å². The van der Waals surface area contributed by atoms with Crippen LogP contribution >= 0.6 is 0 Å². The zero-order valence-corrected chi connectivity index (χ0v) is 18.7. The van der Waals surface area contributed by atoms with Crippen LogP contribution in [0.5, 0.6) is 0 Å². The summed E-state index contributed by atoms with van der Waals surface area (Å²) in [7, 11) is 0. The van der Waals surface area contributed by atoms with Crippen LogP contribution in [0.3, 0.4) is 0 Å². The third-order valence-electron chi connectivity index (χ3n) is 5.96. The van der Waals surface area contributed by atoms with E-state index in [1.54, 1.807) is 30.0 Å². The highest BCUT2D eigenvalue weighted by atomic mass is 19.4. The molecule has 0 amide bonds. The molecule has 3 heterocycles. The number of alkyl halides is 3. The number of halogens is 3. The van der Waals surface area contributed by atoms with E-state index in [0.29, 0.717) is 41.8 Å². The van der Waals surface area contributed by atoms with Crippen LogP contribution < -0.4 is 4.90 Å². The van der Waals surface area contributed by atoms with Gasteiger partial charge in [-0.1, -0.05) is 31.2 Å². The SMILES string of the molecule is CCc1ccc(C(=O)C(C)OC(=O)C2CCN(c3ccc4nnc(C(F)(F)F)n4n3)CC2)cc1. The molecule has 4 rings (SSSR count). The first-order chi connectivity index (χ1) is 16.2. The van der Waals surface area contributed by atoms with Gasteiger partial charge in [-0.3, -0.25) is 9.59 Å². The minimum absolute atomic E-state index is 0.00229. The zero-order valence-electron chi connectivity index (χ0n) is 18.7. The van der Waals surface area contributed by atoms with Crippen molar-refractivity contribution in [1.29, 1.82) is 0 Å². The number of benzene rings is 1. The predicted octanol–water partition coefficient (Wildman–Crippen LogP) is 3.74. The van der Waals surface area contributed by atoms with Gasteiger partial charge in [-0.15, -0.1) is 15.3 Å². The number of carbonyl (C=O) groups excluding carboxylic acids is 2. The molecule has 0 saturated carbocycles. The number of aryl methyl sites for hydroxylation is 1. The first-order valence-corrected chi connectivity index (χ1v) is 11.1. The number of aromatic nitrogens is 4. The lowest BCUT2D eigenvalue weighted by Crippen LogP contribution is -2.39. The average Bonchev–Trinajstić information content (AvgIpc) is 3.27. The number of piperidine rings is 1. The Morgan fingerprint density at radius 1 is 1.09 bits per heavy atom. The Morgan fingerprint density at radius 3 is 2.38 bits per heavy atom. The van der Waals surface area contributed by atoms with Gasteiger partial charge in [0.2, 0.25) is 5.78 Å². The van der Waals surface area contributed by atoms with Crippen molar-refractivity contribution >= 4 is 23.2 Å². The lowest BCUT2D eigenvalue weighted by Gasteiger charge is -2.32. The third-order valence-corrected chi connectivity index (χ3v) is 5.96. The van der Waals surface area contributed by atoms with Crippen LogP contribution in [0.15, 0.2) is 36.4 Å². The van der Waals surface area contributed by atoms with Crippen LogP contribution in [0.1, 0.15) is 48.4 Å². The minimum Gasteiger partial charge on any atom is -0.454 e. The summed E-state index contributed by atoms with van der Waals surface area (Å²) in [6.07, 6.45) is -3.85. The normalized spacial score (nSPS) is 16.0. The largest absolute Gasteiger partial charge is 0.454 e. The Labute approximate surface area is 193 Å². The fourth-order valence-electron chi connectivity index (χ4n) is 3.93. The van der Waals surface area contributed by atoms with Crippen LogP contribution in [-0.2, 0) is 22.1 Å². The summed E-state index contributed by atoms with van der Waals surface area (Å²) in [5.74, 6) is -1.97. The molecule has 0 N–H and O–H groups in total.